The van der Waals surface area contributed by atoms with Crippen LogP contribution < -0.4 is 4.74 Å². The molecule has 1 saturated carbocycles. The number of aldehydes is 1. The molecule has 0 amide bonds. The SMILES string of the molecule is O=Cc1cccc(OCCCCC2CCCCC2)c1Cl. The second kappa shape index (κ2) is 8.31. The maximum absolute atomic E-state index is 10.8. The topological polar surface area (TPSA) is 26.3 Å². The van der Waals surface area contributed by atoms with Crippen LogP contribution in [0.2, 0.25) is 5.02 Å². The number of benzene rings is 1. The van der Waals surface area contributed by atoms with Crippen molar-refractivity contribution in [1.82, 2.24) is 0 Å². The maximum Gasteiger partial charge on any atom is 0.151 e. The van der Waals surface area contributed by atoms with Gasteiger partial charge in [0.15, 0.2) is 6.29 Å². The lowest BCUT2D eigenvalue weighted by molar-refractivity contribution is 0.112. The number of unbranched alkanes of at least 4 members (excludes halogenated alkanes) is 1. The third kappa shape index (κ3) is 4.52. The van der Waals surface area contributed by atoms with E-state index in [1.54, 1.807) is 12.1 Å². The molecule has 2 nitrogen and oxygen atoms in total. The first kappa shape index (κ1) is 15.4. The molecular formula is C17H23ClO2. The molecule has 0 radical (unpaired) electrons. The van der Waals surface area contributed by atoms with Crippen LogP contribution in [0, 0.1) is 5.92 Å². The predicted octanol–water partition coefficient (Wildman–Crippen LogP) is 5.28. The highest BCUT2D eigenvalue weighted by atomic mass is 35.5. The van der Waals surface area contributed by atoms with E-state index in [1.807, 2.05) is 6.07 Å². The maximum atomic E-state index is 10.8. The fourth-order valence-electron chi connectivity index (χ4n) is 2.92. The minimum Gasteiger partial charge on any atom is -0.492 e. The number of carbonyl (C=O) groups excluding carboxylic acids is 1. The lowest BCUT2D eigenvalue weighted by atomic mass is 9.86. The monoisotopic (exact) mass is 294 g/mol. The van der Waals surface area contributed by atoms with Crippen LogP contribution in [0.3, 0.4) is 0 Å². The van der Waals surface area contributed by atoms with E-state index in [0.29, 0.717) is 22.9 Å². The zero-order chi connectivity index (χ0) is 14.2. The lowest BCUT2D eigenvalue weighted by Crippen LogP contribution is -2.07. The van der Waals surface area contributed by atoms with E-state index in [2.05, 4.69) is 0 Å². The van der Waals surface area contributed by atoms with Crippen LogP contribution in [0.4, 0.5) is 0 Å². The quantitative estimate of drug-likeness (QED) is 0.505. The summed E-state index contributed by atoms with van der Waals surface area (Å²) in [7, 11) is 0. The van der Waals surface area contributed by atoms with Crippen molar-refractivity contribution in [3.05, 3.63) is 28.8 Å². The predicted molar refractivity (Wildman–Crippen MR) is 82.8 cm³/mol. The Hall–Kier alpha value is -1.02. The first-order valence-electron chi connectivity index (χ1n) is 7.67. The van der Waals surface area contributed by atoms with Crippen LogP contribution in [-0.4, -0.2) is 12.9 Å². The van der Waals surface area contributed by atoms with Gasteiger partial charge in [-0.05, 0) is 30.9 Å². The summed E-state index contributed by atoms with van der Waals surface area (Å²) in [5.74, 6) is 1.56. The Morgan fingerprint density at radius 1 is 1.20 bits per heavy atom. The normalized spacial score (nSPS) is 16.1. The van der Waals surface area contributed by atoms with E-state index < -0.39 is 0 Å². The smallest absolute Gasteiger partial charge is 0.151 e. The fraction of sp³-hybridized carbons (Fsp3) is 0.588. The third-order valence-electron chi connectivity index (χ3n) is 4.11. The molecule has 0 heterocycles. The van der Waals surface area contributed by atoms with Crippen LogP contribution in [-0.2, 0) is 0 Å². The summed E-state index contributed by atoms with van der Waals surface area (Å²) in [5.41, 5.74) is 0.492. The molecule has 1 fully saturated rings. The van der Waals surface area contributed by atoms with Crippen LogP contribution in [0.15, 0.2) is 18.2 Å². The summed E-state index contributed by atoms with van der Waals surface area (Å²) < 4.78 is 5.68. The van der Waals surface area contributed by atoms with Crippen LogP contribution in [0.25, 0.3) is 0 Å². The minimum atomic E-state index is 0.426. The number of hydrogen-bond acceptors (Lipinski definition) is 2. The van der Waals surface area contributed by atoms with E-state index in [4.69, 9.17) is 16.3 Å². The molecule has 1 aliphatic rings. The molecule has 2 rings (SSSR count). The van der Waals surface area contributed by atoms with Gasteiger partial charge in [-0.15, -0.1) is 0 Å². The average Bonchev–Trinajstić information content (AvgIpc) is 2.49. The Labute approximate surface area is 126 Å². The van der Waals surface area contributed by atoms with Gasteiger partial charge in [0, 0.05) is 5.56 Å². The Morgan fingerprint density at radius 2 is 2.00 bits per heavy atom. The van der Waals surface area contributed by atoms with Gasteiger partial charge in [-0.25, -0.2) is 0 Å². The molecule has 110 valence electrons. The summed E-state index contributed by atoms with van der Waals surface area (Å²) in [5, 5.41) is 0.426. The molecule has 0 N–H and O–H groups in total. The van der Waals surface area contributed by atoms with Gasteiger partial charge in [0.25, 0.3) is 0 Å². The van der Waals surface area contributed by atoms with Crippen molar-refractivity contribution in [2.45, 2.75) is 51.4 Å². The molecule has 0 atom stereocenters. The molecule has 1 aromatic rings. The summed E-state index contributed by atoms with van der Waals surface area (Å²) in [6.45, 7) is 0.675. The number of ether oxygens (including phenoxy) is 1. The highest BCUT2D eigenvalue weighted by molar-refractivity contribution is 6.34. The molecular weight excluding hydrogens is 272 g/mol. The van der Waals surface area contributed by atoms with Crippen LogP contribution in [0.1, 0.15) is 61.7 Å². The van der Waals surface area contributed by atoms with Crippen molar-refractivity contribution in [3.8, 4) is 5.75 Å². The molecule has 1 aliphatic carbocycles. The second-order valence-corrected chi connectivity index (χ2v) is 6.00. The average molecular weight is 295 g/mol. The molecule has 0 saturated heterocycles. The first-order valence-corrected chi connectivity index (χ1v) is 8.05. The second-order valence-electron chi connectivity index (χ2n) is 5.63. The fourth-order valence-corrected chi connectivity index (χ4v) is 3.15. The Balaban J connectivity index is 1.67. The molecule has 0 bridgehead atoms. The number of hydrogen-bond donors (Lipinski definition) is 0. The van der Waals surface area contributed by atoms with Gasteiger partial charge in [0.2, 0.25) is 0 Å². The molecule has 0 aromatic heterocycles. The molecule has 3 heteroatoms. The van der Waals surface area contributed by atoms with Crippen LogP contribution >= 0.6 is 11.6 Å². The van der Waals surface area contributed by atoms with Gasteiger partial charge in [-0.3, -0.25) is 4.79 Å². The Morgan fingerprint density at radius 3 is 2.75 bits per heavy atom. The molecule has 20 heavy (non-hydrogen) atoms. The zero-order valence-electron chi connectivity index (χ0n) is 11.9. The summed E-state index contributed by atoms with van der Waals surface area (Å²) in [6.07, 6.45) is 11.4. The van der Waals surface area contributed by atoms with Crippen molar-refractivity contribution < 1.29 is 9.53 Å². The first-order chi connectivity index (χ1) is 9.81. The molecule has 0 aliphatic heterocycles. The summed E-state index contributed by atoms with van der Waals surface area (Å²) in [6, 6.07) is 5.31. The number of rotatable bonds is 7. The van der Waals surface area contributed by atoms with Crippen molar-refractivity contribution >= 4 is 17.9 Å². The third-order valence-corrected chi connectivity index (χ3v) is 4.51. The van der Waals surface area contributed by atoms with Crippen molar-refractivity contribution in [2.75, 3.05) is 6.61 Å². The highest BCUT2D eigenvalue weighted by Gasteiger charge is 2.12. The van der Waals surface area contributed by atoms with E-state index in [1.165, 1.54) is 44.9 Å². The Kier molecular flexibility index (Phi) is 6.38. The van der Waals surface area contributed by atoms with Gasteiger partial charge < -0.3 is 4.74 Å². The number of halogens is 1. The molecule has 1 aromatic carbocycles. The van der Waals surface area contributed by atoms with E-state index in [9.17, 15) is 4.79 Å². The van der Waals surface area contributed by atoms with E-state index in [-0.39, 0.29) is 0 Å². The summed E-state index contributed by atoms with van der Waals surface area (Å²) in [4.78, 5) is 10.8. The Bertz CT molecular complexity index is 425. The summed E-state index contributed by atoms with van der Waals surface area (Å²) >= 11 is 6.09. The largest absolute Gasteiger partial charge is 0.492 e. The van der Waals surface area contributed by atoms with Gasteiger partial charge >= 0.3 is 0 Å². The van der Waals surface area contributed by atoms with Gasteiger partial charge in [-0.1, -0.05) is 56.2 Å². The van der Waals surface area contributed by atoms with E-state index >= 15 is 0 Å². The minimum absolute atomic E-state index is 0.426. The highest BCUT2D eigenvalue weighted by Crippen LogP contribution is 2.29. The van der Waals surface area contributed by atoms with Crippen molar-refractivity contribution in [1.29, 1.82) is 0 Å². The van der Waals surface area contributed by atoms with Crippen LogP contribution in [0.5, 0.6) is 5.75 Å². The zero-order valence-corrected chi connectivity index (χ0v) is 12.7. The van der Waals surface area contributed by atoms with Crippen molar-refractivity contribution in [3.63, 3.8) is 0 Å². The molecule has 0 unspecified atom stereocenters. The molecule has 0 spiro atoms. The number of carbonyl (C=O) groups is 1. The van der Waals surface area contributed by atoms with Gasteiger partial charge in [0.1, 0.15) is 5.75 Å². The lowest BCUT2D eigenvalue weighted by Gasteiger charge is -2.21. The standard InChI is InChI=1S/C17H23ClO2/c18-17-15(13-19)10-6-11-16(17)20-12-5-4-9-14-7-2-1-3-8-14/h6,10-11,13-14H,1-5,7-9,12H2. The van der Waals surface area contributed by atoms with E-state index in [0.717, 1.165) is 18.6 Å². The van der Waals surface area contributed by atoms with Gasteiger partial charge in [0.05, 0.1) is 11.6 Å². The van der Waals surface area contributed by atoms with Gasteiger partial charge in [-0.2, -0.15) is 0 Å². The van der Waals surface area contributed by atoms with Crippen molar-refractivity contribution in [2.24, 2.45) is 5.92 Å².